The molecule has 7 nitrogen and oxygen atoms in total. The van der Waals surface area contributed by atoms with Crippen molar-refractivity contribution in [1.29, 1.82) is 0 Å². The van der Waals surface area contributed by atoms with E-state index in [4.69, 9.17) is 14.6 Å². The highest BCUT2D eigenvalue weighted by atomic mass is 16.5. The molecule has 2 fully saturated rings. The Bertz CT molecular complexity index is 835. The van der Waals surface area contributed by atoms with Crippen LogP contribution in [0.5, 0.6) is 0 Å². The van der Waals surface area contributed by atoms with Gasteiger partial charge in [0.1, 0.15) is 0 Å². The van der Waals surface area contributed by atoms with Crippen molar-refractivity contribution < 1.29 is 19.4 Å². The maximum absolute atomic E-state index is 12.9. The summed E-state index contributed by atoms with van der Waals surface area (Å²) in [7, 11) is 2.14. The molecule has 2 amide bonds. The first kappa shape index (κ1) is 21.8. The Morgan fingerprint density at radius 1 is 1.07 bits per heavy atom. The van der Waals surface area contributed by atoms with E-state index in [-0.39, 0.29) is 18.1 Å². The van der Waals surface area contributed by atoms with E-state index in [0.717, 1.165) is 62.4 Å². The highest BCUT2D eigenvalue weighted by molar-refractivity contribution is 5.94. The standard InChI is InChI=1S/C22H27N3O2.CH2O2/c1-24-15-16-27-22(17-24)11-13-25(14-12-22)21(26)23-20-10-6-5-9-19(20)18-7-3-2-4-8-18;2-1-3/h2-10H,11-17H2,1H3,(H,23,26);1H,(H,2,3). The Kier molecular flexibility index (Phi) is 7.43. The molecule has 2 aromatic rings. The van der Waals surface area contributed by atoms with Gasteiger partial charge >= 0.3 is 6.03 Å². The third kappa shape index (κ3) is 5.37. The molecule has 0 bridgehead atoms. The van der Waals surface area contributed by atoms with E-state index >= 15 is 0 Å². The number of anilines is 1. The van der Waals surface area contributed by atoms with Crippen LogP contribution in [0.1, 0.15) is 12.8 Å². The third-order valence-electron chi connectivity index (χ3n) is 5.65. The largest absolute Gasteiger partial charge is 0.483 e. The van der Waals surface area contributed by atoms with Gasteiger partial charge in [-0.25, -0.2) is 4.79 Å². The molecular weight excluding hydrogens is 382 g/mol. The fourth-order valence-corrected chi connectivity index (χ4v) is 4.11. The number of morpholine rings is 1. The van der Waals surface area contributed by atoms with Crippen molar-refractivity contribution in [3.05, 3.63) is 54.6 Å². The predicted molar refractivity (Wildman–Crippen MR) is 117 cm³/mol. The van der Waals surface area contributed by atoms with Gasteiger partial charge < -0.3 is 25.0 Å². The summed E-state index contributed by atoms with van der Waals surface area (Å²) in [5.41, 5.74) is 2.91. The van der Waals surface area contributed by atoms with Crippen molar-refractivity contribution in [2.45, 2.75) is 18.4 Å². The van der Waals surface area contributed by atoms with Gasteiger partial charge in [-0.1, -0.05) is 48.5 Å². The molecule has 0 saturated carbocycles. The van der Waals surface area contributed by atoms with Gasteiger partial charge in [0, 0.05) is 31.7 Å². The van der Waals surface area contributed by atoms with E-state index < -0.39 is 0 Å². The lowest BCUT2D eigenvalue weighted by Gasteiger charge is -2.46. The van der Waals surface area contributed by atoms with Gasteiger partial charge in [0.25, 0.3) is 6.47 Å². The maximum atomic E-state index is 12.9. The number of carboxylic acid groups (broad SMARTS) is 1. The van der Waals surface area contributed by atoms with E-state index in [1.165, 1.54) is 0 Å². The number of likely N-dealkylation sites (tertiary alicyclic amines) is 1. The molecule has 2 saturated heterocycles. The third-order valence-corrected chi connectivity index (χ3v) is 5.65. The van der Waals surface area contributed by atoms with Gasteiger partial charge in [-0.2, -0.15) is 0 Å². The number of urea groups is 1. The molecule has 2 aliphatic heterocycles. The summed E-state index contributed by atoms with van der Waals surface area (Å²) in [6, 6.07) is 18.1. The lowest BCUT2D eigenvalue weighted by Crippen LogP contribution is -2.57. The number of amides is 2. The summed E-state index contributed by atoms with van der Waals surface area (Å²) in [6.45, 7) is 3.94. The van der Waals surface area contributed by atoms with Gasteiger partial charge in [0.15, 0.2) is 0 Å². The lowest BCUT2D eigenvalue weighted by atomic mass is 9.89. The Balaban J connectivity index is 0.000000806. The number of nitrogens with one attached hydrogen (secondary N) is 1. The first-order valence-corrected chi connectivity index (χ1v) is 10.2. The molecule has 2 heterocycles. The lowest BCUT2D eigenvalue weighted by molar-refractivity contribution is -0.126. The molecule has 0 unspecified atom stereocenters. The molecule has 0 atom stereocenters. The van der Waals surface area contributed by atoms with Gasteiger partial charge in [-0.05, 0) is 31.5 Å². The molecule has 1 spiro atoms. The molecular formula is C23H29N3O4. The quantitative estimate of drug-likeness (QED) is 0.741. The minimum Gasteiger partial charge on any atom is -0.483 e. The zero-order valence-electron chi connectivity index (χ0n) is 17.3. The second-order valence-corrected chi connectivity index (χ2v) is 7.70. The van der Waals surface area contributed by atoms with Crippen molar-refractivity contribution in [1.82, 2.24) is 9.80 Å². The molecule has 30 heavy (non-hydrogen) atoms. The van der Waals surface area contributed by atoms with Gasteiger partial charge in [0.05, 0.1) is 17.9 Å². The van der Waals surface area contributed by atoms with Crippen LogP contribution in [-0.2, 0) is 9.53 Å². The number of carbonyl (C=O) groups is 2. The summed E-state index contributed by atoms with van der Waals surface area (Å²) in [6.07, 6.45) is 1.79. The summed E-state index contributed by atoms with van der Waals surface area (Å²) in [4.78, 5) is 25.4. The molecule has 2 aliphatic rings. The molecule has 4 rings (SSSR count). The number of carbonyl (C=O) groups excluding carboxylic acids is 1. The number of piperidine rings is 1. The molecule has 2 N–H and O–H groups in total. The van der Waals surface area contributed by atoms with Crippen LogP contribution in [0.3, 0.4) is 0 Å². The van der Waals surface area contributed by atoms with Gasteiger partial charge in [-0.15, -0.1) is 0 Å². The Morgan fingerprint density at radius 3 is 2.37 bits per heavy atom. The SMILES string of the molecule is CN1CCOC2(CCN(C(=O)Nc3ccccc3-c3ccccc3)CC2)C1.O=CO. The average Bonchev–Trinajstić information content (AvgIpc) is 2.76. The number of nitrogens with zero attached hydrogens (tertiary/aromatic N) is 2. The zero-order valence-corrected chi connectivity index (χ0v) is 17.3. The maximum Gasteiger partial charge on any atom is 0.321 e. The van der Waals surface area contributed by atoms with Crippen LogP contribution in [0, 0.1) is 0 Å². The number of para-hydroxylation sites is 1. The van der Waals surface area contributed by atoms with Crippen molar-refractivity contribution in [3.63, 3.8) is 0 Å². The van der Waals surface area contributed by atoms with Crippen molar-refractivity contribution in [3.8, 4) is 11.1 Å². The van der Waals surface area contributed by atoms with E-state index in [1.54, 1.807) is 0 Å². The number of likely N-dealkylation sites (N-methyl/N-ethyl adjacent to an activating group) is 1. The number of rotatable bonds is 2. The normalized spacial score (nSPS) is 18.2. The van der Waals surface area contributed by atoms with Crippen molar-refractivity contribution in [2.75, 3.05) is 45.2 Å². The monoisotopic (exact) mass is 411 g/mol. The van der Waals surface area contributed by atoms with Gasteiger partial charge in [-0.3, -0.25) is 4.79 Å². The fraction of sp³-hybridized carbons (Fsp3) is 0.391. The molecule has 0 aromatic heterocycles. The molecule has 0 radical (unpaired) electrons. The molecule has 2 aromatic carbocycles. The number of ether oxygens (including phenoxy) is 1. The smallest absolute Gasteiger partial charge is 0.321 e. The first-order valence-electron chi connectivity index (χ1n) is 10.2. The summed E-state index contributed by atoms with van der Waals surface area (Å²) >= 11 is 0. The first-order chi connectivity index (χ1) is 14.6. The van der Waals surface area contributed by atoms with Crippen LogP contribution in [0.2, 0.25) is 0 Å². The van der Waals surface area contributed by atoms with Gasteiger partial charge in [0.2, 0.25) is 0 Å². The van der Waals surface area contributed by atoms with E-state index in [1.807, 2.05) is 47.4 Å². The van der Waals surface area contributed by atoms with E-state index in [0.29, 0.717) is 0 Å². The van der Waals surface area contributed by atoms with Crippen LogP contribution in [0.25, 0.3) is 11.1 Å². The van der Waals surface area contributed by atoms with Crippen LogP contribution >= 0.6 is 0 Å². The summed E-state index contributed by atoms with van der Waals surface area (Å²) in [5, 5.41) is 10.0. The second-order valence-electron chi connectivity index (χ2n) is 7.70. The van der Waals surface area contributed by atoms with E-state index in [9.17, 15) is 4.79 Å². The van der Waals surface area contributed by atoms with Crippen molar-refractivity contribution in [2.24, 2.45) is 0 Å². The number of hydrogen-bond acceptors (Lipinski definition) is 4. The topological polar surface area (TPSA) is 82.1 Å². The highest BCUT2D eigenvalue weighted by Crippen LogP contribution is 2.31. The van der Waals surface area contributed by atoms with Crippen LogP contribution in [-0.4, -0.2) is 72.8 Å². The summed E-state index contributed by atoms with van der Waals surface area (Å²) < 4.78 is 6.10. The van der Waals surface area contributed by atoms with Crippen LogP contribution < -0.4 is 5.32 Å². The Hall–Kier alpha value is -2.90. The zero-order chi connectivity index (χ0) is 21.4. The minimum atomic E-state index is -0.250. The van der Waals surface area contributed by atoms with Crippen LogP contribution in [0.15, 0.2) is 54.6 Å². The molecule has 0 aliphatic carbocycles. The minimum absolute atomic E-state index is 0.0302. The van der Waals surface area contributed by atoms with Crippen LogP contribution in [0.4, 0.5) is 10.5 Å². The Labute approximate surface area is 177 Å². The highest BCUT2D eigenvalue weighted by Gasteiger charge is 2.39. The molecule has 160 valence electrons. The second kappa shape index (κ2) is 10.2. The molecule has 7 heteroatoms. The fourth-order valence-electron chi connectivity index (χ4n) is 4.11. The van der Waals surface area contributed by atoms with Crippen molar-refractivity contribution >= 4 is 18.2 Å². The van der Waals surface area contributed by atoms with E-state index in [2.05, 4.69) is 29.4 Å². The average molecular weight is 412 g/mol. The number of benzene rings is 2. The predicted octanol–water partition coefficient (Wildman–Crippen LogP) is 3.38. The summed E-state index contributed by atoms with van der Waals surface area (Å²) in [5.74, 6) is 0. The Morgan fingerprint density at radius 2 is 1.70 bits per heavy atom. The number of hydrogen-bond donors (Lipinski definition) is 2.